The van der Waals surface area contributed by atoms with Gasteiger partial charge in [-0.1, -0.05) is 0 Å². The van der Waals surface area contributed by atoms with Crippen LogP contribution in [0.15, 0.2) is 4.99 Å². The third-order valence-corrected chi connectivity index (χ3v) is 3.10. The summed E-state index contributed by atoms with van der Waals surface area (Å²) < 4.78 is 5.43. The van der Waals surface area contributed by atoms with Gasteiger partial charge in [-0.3, -0.25) is 4.99 Å². The molecule has 0 atom stereocenters. The van der Waals surface area contributed by atoms with Gasteiger partial charge in [0, 0.05) is 39.1 Å². The summed E-state index contributed by atoms with van der Waals surface area (Å²) in [6, 6.07) is 0. The molecule has 5 heteroatoms. The van der Waals surface area contributed by atoms with E-state index in [0.29, 0.717) is 6.54 Å². The first-order valence-electron chi connectivity index (χ1n) is 6.08. The minimum Gasteiger partial charge on any atom is -0.388 e. The number of aliphatic hydroxyl groups is 1. The molecule has 2 aliphatic rings. The Hall–Kier alpha value is -0.810. The average molecular weight is 227 g/mol. The van der Waals surface area contributed by atoms with Crippen molar-refractivity contribution in [1.82, 2.24) is 10.6 Å². The fourth-order valence-corrected chi connectivity index (χ4v) is 2.18. The van der Waals surface area contributed by atoms with E-state index in [1.54, 1.807) is 0 Å². The monoisotopic (exact) mass is 227 g/mol. The van der Waals surface area contributed by atoms with Crippen LogP contribution in [0.5, 0.6) is 0 Å². The van der Waals surface area contributed by atoms with Crippen LogP contribution in [0.2, 0.25) is 0 Å². The first kappa shape index (κ1) is 11.7. The van der Waals surface area contributed by atoms with Crippen molar-refractivity contribution in [3.8, 4) is 0 Å². The van der Waals surface area contributed by atoms with Gasteiger partial charge in [-0.2, -0.15) is 0 Å². The Bertz CT molecular complexity index is 262. The van der Waals surface area contributed by atoms with Crippen LogP contribution in [0.25, 0.3) is 0 Å². The molecule has 0 unspecified atom stereocenters. The van der Waals surface area contributed by atoms with Crippen LogP contribution in [0.3, 0.4) is 0 Å². The molecule has 0 saturated heterocycles. The van der Waals surface area contributed by atoms with E-state index in [-0.39, 0.29) is 6.10 Å². The Morgan fingerprint density at radius 1 is 1.62 bits per heavy atom. The summed E-state index contributed by atoms with van der Waals surface area (Å²) in [4.78, 5) is 4.30. The van der Waals surface area contributed by atoms with Gasteiger partial charge >= 0.3 is 0 Å². The number of aliphatic imine (C=N–C) groups is 1. The molecule has 0 aromatic rings. The fourth-order valence-electron chi connectivity index (χ4n) is 2.18. The number of hydrogen-bond donors (Lipinski definition) is 3. The molecule has 1 aliphatic carbocycles. The van der Waals surface area contributed by atoms with E-state index in [2.05, 4.69) is 15.6 Å². The zero-order valence-electron chi connectivity index (χ0n) is 9.83. The molecule has 92 valence electrons. The van der Waals surface area contributed by atoms with Crippen molar-refractivity contribution in [3.63, 3.8) is 0 Å². The molecule has 1 heterocycles. The van der Waals surface area contributed by atoms with Crippen molar-refractivity contribution in [2.45, 2.75) is 37.9 Å². The number of guanidine groups is 1. The predicted molar refractivity (Wildman–Crippen MR) is 62.5 cm³/mol. The molecule has 3 N–H and O–H groups in total. The van der Waals surface area contributed by atoms with Gasteiger partial charge in [-0.25, -0.2) is 0 Å². The van der Waals surface area contributed by atoms with Crippen molar-refractivity contribution in [3.05, 3.63) is 0 Å². The third-order valence-electron chi connectivity index (χ3n) is 3.10. The number of ether oxygens (including phenoxy) is 1. The minimum atomic E-state index is -0.610. The van der Waals surface area contributed by atoms with Crippen LogP contribution in [0, 0.1) is 0 Å². The lowest BCUT2D eigenvalue weighted by Crippen LogP contribution is -2.57. The largest absolute Gasteiger partial charge is 0.388 e. The second kappa shape index (κ2) is 5.01. The van der Waals surface area contributed by atoms with E-state index in [1.165, 1.54) is 0 Å². The Labute approximate surface area is 96.3 Å². The Kier molecular flexibility index (Phi) is 3.66. The van der Waals surface area contributed by atoms with E-state index in [4.69, 9.17) is 4.74 Å². The van der Waals surface area contributed by atoms with Crippen molar-refractivity contribution >= 4 is 5.96 Å². The zero-order chi connectivity index (χ0) is 11.4. The molecule has 0 radical (unpaired) electrons. The smallest absolute Gasteiger partial charge is 0.191 e. The molecule has 1 saturated carbocycles. The lowest BCUT2D eigenvalue weighted by Gasteiger charge is -2.43. The molecule has 1 fully saturated rings. The average Bonchev–Trinajstić information content (AvgIpc) is 2.26. The van der Waals surface area contributed by atoms with E-state index < -0.39 is 5.60 Å². The topological polar surface area (TPSA) is 65.9 Å². The summed E-state index contributed by atoms with van der Waals surface area (Å²) in [5.41, 5.74) is -0.610. The first-order chi connectivity index (χ1) is 7.72. The molecule has 0 aromatic heterocycles. The lowest BCUT2D eigenvalue weighted by molar-refractivity contribution is -0.133. The highest BCUT2D eigenvalue weighted by Gasteiger charge is 2.43. The minimum absolute atomic E-state index is 0.234. The van der Waals surface area contributed by atoms with Crippen LogP contribution >= 0.6 is 0 Å². The summed E-state index contributed by atoms with van der Waals surface area (Å²) in [5, 5.41) is 16.4. The standard InChI is InChI=1S/C11H21N3O2/c1-2-16-9-6-11(15,7-9)8-14-10-12-4-3-5-13-10/h9,15H,2-8H2,1H3,(H2,12,13,14). The highest BCUT2D eigenvalue weighted by molar-refractivity contribution is 5.80. The fraction of sp³-hybridized carbons (Fsp3) is 0.909. The first-order valence-corrected chi connectivity index (χ1v) is 6.08. The van der Waals surface area contributed by atoms with Crippen molar-refractivity contribution in [2.24, 2.45) is 4.99 Å². The van der Waals surface area contributed by atoms with Gasteiger partial charge in [0.05, 0.1) is 11.7 Å². The number of nitrogens with zero attached hydrogens (tertiary/aromatic N) is 1. The maximum Gasteiger partial charge on any atom is 0.191 e. The van der Waals surface area contributed by atoms with Gasteiger partial charge in [0.15, 0.2) is 5.96 Å². The van der Waals surface area contributed by atoms with Crippen molar-refractivity contribution < 1.29 is 9.84 Å². The van der Waals surface area contributed by atoms with Crippen molar-refractivity contribution in [2.75, 3.05) is 26.2 Å². The van der Waals surface area contributed by atoms with Gasteiger partial charge in [-0.15, -0.1) is 0 Å². The molecule has 1 aliphatic heterocycles. The van der Waals surface area contributed by atoms with E-state index >= 15 is 0 Å². The van der Waals surface area contributed by atoms with E-state index in [9.17, 15) is 5.11 Å². The molecule has 5 nitrogen and oxygen atoms in total. The quantitative estimate of drug-likeness (QED) is 0.625. The molecule has 0 spiro atoms. The molecule has 0 bridgehead atoms. The lowest BCUT2D eigenvalue weighted by atomic mass is 9.77. The van der Waals surface area contributed by atoms with Crippen LogP contribution < -0.4 is 10.6 Å². The summed E-state index contributed by atoms with van der Waals surface area (Å²) in [5.74, 6) is 0.819. The van der Waals surface area contributed by atoms with Gasteiger partial charge in [0.25, 0.3) is 0 Å². The van der Waals surface area contributed by atoms with Crippen LogP contribution in [-0.4, -0.2) is 49.0 Å². The summed E-state index contributed by atoms with van der Waals surface area (Å²) in [6.07, 6.45) is 2.77. The SMILES string of the molecule is CCOC1CC(O)(CNC2=NCCCN2)C1. The van der Waals surface area contributed by atoms with E-state index in [0.717, 1.165) is 44.9 Å². The number of rotatable bonds is 4. The molecular weight excluding hydrogens is 206 g/mol. The summed E-state index contributed by atoms with van der Waals surface area (Å²) >= 11 is 0. The predicted octanol–water partition coefficient (Wildman–Crippen LogP) is -0.145. The van der Waals surface area contributed by atoms with E-state index in [1.807, 2.05) is 6.92 Å². The maximum atomic E-state index is 10.1. The second-order valence-corrected chi connectivity index (χ2v) is 4.57. The molecule has 0 aromatic carbocycles. The highest BCUT2D eigenvalue weighted by atomic mass is 16.5. The third kappa shape index (κ3) is 2.86. The van der Waals surface area contributed by atoms with Gasteiger partial charge < -0.3 is 20.5 Å². The van der Waals surface area contributed by atoms with Gasteiger partial charge in [0.2, 0.25) is 0 Å². The van der Waals surface area contributed by atoms with Crippen LogP contribution in [0.4, 0.5) is 0 Å². The second-order valence-electron chi connectivity index (χ2n) is 4.57. The van der Waals surface area contributed by atoms with Gasteiger partial charge in [0.1, 0.15) is 0 Å². The van der Waals surface area contributed by atoms with Crippen LogP contribution in [-0.2, 0) is 4.74 Å². The Balaban J connectivity index is 1.68. The summed E-state index contributed by atoms with van der Waals surface area (Å²) in [7, 11) is 0. The Morgan fingerprint density at radius 3 is 3.06 bits per heavy atom. The zero-order valence-corrected chi connectivity index (χ0v) is 9.83. The summed E-state index contributed by atoms with van der Waals surface area (Å²) in [6.45, 7) is 5.10. The maximum absolute atomic E-state index is 10.1. The van der Waals surface area contributed by atoms with Gasteiger partial charge in [-0.05, 0) is 13.3 Å². The molecule has 0 amide bonds. The molecule has 2 rings (SSSR count). The van der Waals surface area contributed by atoms with Crippen LogP contribution in [0.1, 0.15) is 26.2 Å². The molecular formula is C11H21N3O2. The number of nitrogens with one attached hydrogen (secondary N) is 2. The molecule has 16 heavy (non-hydrogen) atoms. The highest BCUT2D eigenvalue weighted by Crippen LogP contribution is 2.33. The normalized spacial score (nSPS) is 33.6. The Morgan fingerprint density at radius 2 is 2.44 bits per heavy atom. The number of hydrogen-bond acceptors (Lipinski definition) is 5. The van der Waals surface area contributed by atoms with Crippen molar-refractivity contribution in [1.29, 1.82) is 0 Å².